The summed E-state index contributed by atoms with van der Waals surface area (Å²) in [5.74, 6) is -0.0533. The maximum atomic E-state index is 12.9. The van der Waals surface area contributed by atoms with Crippen LogP contribution in [0.3, 0.4) is 0 Å². The first-order valence-electron chi connectivity index (χ1n) is 8.31. The Morgan fingerprint density at radius 1 is 1.26 bits per heavy atom. The van der Waals surface area contributed by atoms with Crippen LogP contribution in [0.25, 0.3) is 0 Å². The summed E-state index contributed by atoms with van der Waals surface area (Å²) in [5.41, 5.74) is 0.232. The van der Waals surface area contributed by atoms with E-state index in [2.05, 4.69) is 9.46 Å². The molecule has 1 aliphatic heterocycles. The number of fused-ring (bicyclic) bond motifs is 1. The highest BCUT2D eigenvalue weighted by atomic mass is 35.5. The van der Waals surface area contributed by atoms with Crippen molar-refractivity contribution in [1.82, 2.24) is 4.72 Å². The number of methoxy groups -OCH3 is 1. The van der Waals surface area contributed by atoms with Crippen molar-refractivity contribution in [2.45, 2.75) is 36.8 Å². The summed E-state index contributed by atoms with van der Waals surface area (Å²) >= 11 is 5.98. The summed E-state index contributed by atoms with van der Waals surface area (Å²) in [6.07, 6.45) is 0.459. The lowest BCUT2D eigenvalue weighted by Crippen LogP contribution is -2.41. The van der Waals surface area contributed by atoms with Gasteiger partial charge in [0.2, 0.25) is 10.0 Å². The van der Waals surface area contributed by atoms with Crippen LogP contribution in [0.15, 0.2) is 47.4 Å². The van der Waals surface area contributed by atoms with Crippen molar-refractivity contribution in [1.29, 1.82) is 0 Å². The smallest absolute Gasteiger partial charge is 0.339 e. The molecule has 0 fully saturated rings. The Morgan fingerprint density at radius 3 is 2.67 bits per heavy atom. The number of esters is 1. The summed E-state index contributed by atoms with van der Waals surface area (Å²) in [6.45, 7) is 3.81. The fourth-order valence-corrected chi connectivity index (χ4v) is 4.54. The molecular weight excluding hydrogens is 390 g/mol. The lowest BCUT2D eigenvalue weighted by Gasteiger charge is -2.37. The second-order valence-corrected chi connectivity index (χ2v) is 9.03. The van der Waals surface area contributed by atoms with Crippen molar-refractivity contribution >= 4 is 27.6 Å². The van der Waals surface area contributed by atoms with Gasteiger partial charge in [0.25, 0.3) is 0 Å². The monoisotopic (exact) mass is 409 g/mol. The summed E-state index contributed by atoms with van der Waals surface area (Å²) in [6, 6.07) is 10.8. The molecule has 0 radical (unpaired) electrons. The van der Waals surface area contributed by atoms with Gasteiger partial charge in [0.1, 0.15) is 11.4 Å². The Hall–Kier alpha value is -2.09. The normalized spacial score (nSPS) is 18.3. The third kappa shape index (κ3) is 4.10. The molecular formula is C19H20ClNO5S. The second kappa shape index (κ2) is 7.14. The Bertz CT molecular complexity index is 987. The van der Waals surface area contributed by atoms with E-state index in [9.17, 15) is 13.2 Å². The molecule has 1 aliphatic rings. The van der Waals surface area contributed by atoms with Crippen LogP contribution in [-0.4, -0.2) is 27.1 Å². The van der Waals surface area contributed by atoms with Crippen molar-refractivity contribution in [2.75, 3.05) is 7.11 Å². The molecule has 0 aromatic heterocycles. The molecule has 8 heteroatoms. The predicted octanol–water partition coefficient (Wildman–Crippen LogP) is 3.71. The van der Waals surface area contributed by atoms with Gasteiger partial charge in [-0.1, -0.05) is 29.8 Å². The SMILES string of the molecule is COC(=O)c1cc(S(=O)(=O)N[C@H]2CC(C)(C)Oc3ccccc32)ccc1Cl. The summed E-state index contributed by atoms with van der Waals surface area (Å²) in [5, 5.41) is 0.123. The van der Waals surface area contributed by atoms with Crippen molar-refractivity contribution in [3.8, 4) is 5.75 Å². The molecule has 3 rings (SSSR count). The highest BCUT2D eigenvalue weighted by Crippen LogP contribution is 2.40. The molecule has 2 aromatic carbocycles. The summed E-state index contributed by atoms with van der Waals surface area (Å²) in [4.78, 5) is 11.8. The van der Waals surface area contributed by atoms with E-state index in [4.69, 9.17) is 16.3 Å². The van der Waals surface area contributed by atoms with E-state index in [1.54, 1.807) is 0 Å². The fraction of sp³-hybridized carbons (Fsp3) is 0.316. The first-order valence-corrected chi connectivity index (χ1v) is 10.2. The maximum absolute atomic E-state index is 12.9. The van der Waals surface area contributed by atoms with Gasteiger partial charge in [-0.15, -0.1) is 0 Å². The zero-order valence-corrected chi connectivity index (χ0v) is 16.7. The molecule has 1 atom stereocenters. The van der Waals surface area contributed by atoms with Crippen LogP contribution in [0.4, 0.5) is 0 Å². The molecule has 0 aliphatic carbocycles. The van der Waals surface area contributed by atoms with Gasteiger partial charge in [0.15, 0.2) is 0 Å². The summed E-state index contributed by atoms with van der Waals surface area (Å²) in [7, 11) is -2.70. The molecule has 1 N–H and O–H groups in total. The molecule has 0 bridgehead atoms. The van der Waals surface area contributed by atoms with E-state index in [0.717, 1.165) is 5.56 Å². The van der Waals surface area contributed by atoms with Gasteiger partial charge < -0.3 is 9.47 Å². The van der Waals surface area contributed by atoms with Gasteiger partial charge in [0.05, 0.1) is 28.6 Å². The van der Waals surface area contributed by atoms with E-state index in [1.165, 1.54) is 25.3 Å². The van der Waals surface area contributed by atoms with Gasteiger partial charge >= 0.3 is 5.97 Å². The number of ether oxygens (including phenoxy) is 2. The number of rotatable bonds is 4. The van der Waals surface area contributed by atoms with Crippen molar-refractivity contribution in [2.24, 2.45) is 0 Å². The van der Waals surface area contributed by atoms with E-state index in [1.807, 2.05) is 38.1 Å². The molecule has 2 aromatic rings. The van der Waals surface area contributed by atoms with Gasteiger partial charge in [-0.05, 0) is 38.1 Å². The first kappa shape index (κ1) is 19.7. The van der Waals surface area contributed by atoms with Crippen molar-refractivity contribution < 1.29 is 22.7 Å². The highest BCUT2D eigenvalue weighted by molar-refractivity contribution is 7.89. The van der Waals surface area contributed by atoms with Crippen molar-refractivity contribution in [3.05, 3.63) is 58.6 Å². The average Bonchev–Trinajstić information content (AvgIpc) is 2.60. The minimum absolute atomic E-state index is 0.00486. The number of carbonyl (C=O) groups is 1. The number of para-hydroxylation sites is 1. The summed E-state index contributed by atoms with van der Waals surface area (Å²) < 4.78 is 39.2. The zero-order valence-electron chi connectivity index (χ0n) is 15.2. The van der Waals surface area contributed by atoms with Crippen LogP contribution in [0.5, 0.6) is 5.75 Å². The standard InChI is InChI=1S/C19H20ClNO5S/c1-19(2)11-16(13-6-4-5-7-17(13)26-19)21-27(23,24)12-8-9-15(20)14(10-12)18(22)25-3/h4-10,16,21H,11H2,1-3H3/t16-/m0/s1. The number of carbonyl (C=O) groups excluding carboxylic acids is 1. The largest absolute Gasteiger partial charge is 0.487 e. The van der Waals surface area contributed by atoms with Gasteiger partial charge in [-0.25, -0.2) is 17.9 Å². The molecule has 0 spiro atoms. The van der Waals surface area contributed by atoms with E-state index >= 15 is 0 Å². The van der Waals surface area contributed by atoms with Gasteiger partial charge in [-0.2, -0.15) is 0 Å². The zero-order chi connectivity index (χ0) is 19.8. The molecule has 1 heterocycles. The first-order chi connectivity index (χ1) is 12.6. The molecule has 0 saturated heterocycles. The average molecular weight is 410 g/mol. The van der Waals surface area contributed by atoms with Crippen molar-refractivity contribution in [3.63, 3.8) is 0 Å². The number of hydrogen-bond donors (Lipinski definition) is 1. The van der Waals surface area contributed by atoms with Crippen LogP contribution < -0.4 is 9.46 Å². The minimum Gasteiger partial charge on any atom is -0.487 e. The molecule has 0 unspecified atom stereocenters. The quantitative estimate of drug-likeness (QED) is 0.778. The van der Waals surface area contributed by atoms with E-state index < -0.39 is 27.6 Å². The number of sulfonamides is 1. The lowest BCUT2D eigenvalue weighted by atomic mass is 9.90. The Kier molecular flexibility index (Phi) is 5.20. The number of hydrogen-bond acceptors (Lipinski definition) is 5. The predicted molar refractivity (Wildman–Crippen MR) is 102 cm³/mol. The minimum atomic E-state index is -3.91. The third-order valence-corrected chi connectivity index (χ3v) is 6.13. The lowest BCUT2D eigenvalue weighted by molar-refractivity contribution is 0.0600. The molecule has 0 amide bonds. The fourth-order valence-electron chi connectivity index (χ4n) is 3.10. The maximum Gasteiger partial charge on any atom is 0.339 e. The molecule has 27 heavy (non-hydrogen) atoms. The molecule has 6 nitrogen and oxygen atoms in total. The van der Waals surface area contributed by atoms with Crippen LogP contribution in [0.2, 0.25) is 5.02 Å². The van der Waals surface area contributed by atoms with Crippen LogP contribution >= 0.6 is 11.6 Å². The number of benzene rings is 2. The van der Waals surface area contributed by atoms with E-state index in [-0.39, 0.29) is 15.5 Å². The van der Waals surface area contributed by atoms with E-state index in [0.29, 0.717) is 12.2 Å². The Morgan fingerprint density at radius 2 is 1.96 bits per heavy atom. The number of halogens is 1. The second-order valence-electron chi connectivity index (χ2n) is 6.91. The Labute approximate surface area is 163 Å². The van der Waals surface area contributed by atoms with Crippen LogP contribution in [0, 0.1) is 0 Å². The Balaban J connectivity index is 1.97. The van der Waals surface area contributed by atoms with Crippen LogP contribution in [-0.2, 0) is 14.8 Å². The molecule has 144 valence electrons. The molecule has 0 saturated carbocycles. The third-order valence-electron chi connectivity index (χ3n) is 4.33. The number of nitrogens with one attached hydrogen (secondary N) is 1. The highest BCUT2D eigenvalue weighted by Gasteiger charge is 2.36. The van der Waals surface area contributed by atoms with Gasteiger partial charge in [0, 0.05) is 12.0 Å². The topological polar surface area (TPSA) is 81.7 Å². The van der Waals surface area contributed by atoms with Gasteiger partial charge in [-0.3, -0.25) is 0 Å². The van der Waals surface area contributed by atoms with Crippen LogP contribution in [0.1, 0.15) is 42.2 Å².